The third kappa shape index (κ3) is 2.13. The van der Waals surface area contributed by atoms with Crippen LogP contribution in [0.5, 0.6) is 0 Å². The van der Waals surface area contributed by atoms with E-state index in [1.165, 1.54) is 0 Å². The van der Waals surface area contributed by atoms with Crippen molar-refractivity contribution < 1.29 is 4.79 Å². The minimum Gasteiger partial charge on any atom is -0.289 e. The maximum Gasteiger partial charge on any atom is 0.259 e. The van der Waals surface area contributed by atoms with E-state index >= 15 is 0 Å². The minimum atomic E-state index is -0.206. The third-order valence-corrected chi connectivity index (χ3v) is 1.51. The summed E-state index contributed by atoms with van der Waals surface area (Å²) in [5, 5.41) is 9.08. The van der Waals surface area contributed by atoms with Crippen molar-refractivity contribution in [2.24, 2.45) is 0 Å². The van der Waals surface area contributed by atoms with Gasteiger partial charge in [-0.25, -0.2) is 0 Å². The predicted octanol–water partition coefficient (Wildman–Crippen LogP) is 2.04. The topological polar surface area (TPSA) is 53.0 Å². The number of nitrogens with one attached hydrogen (secondary N) is 2. The lowest BCUT2D eigenvalue weighted by Crippen LogP contribution is -2.11. The molecule has 0 bridgehead atoms. The maximum absolute atomic E-state index is 11.0. The van der Waals surface area contributed by atoms with Crippen molar-refractivity contribution in [1.29, 1.82) is 5.16 Å². The number of hydrogen-bond acceptors (Lipinski definition) is 2. The molecule has 2 N–H and O–H groups in total. The van der Waals surface area contributed by atoms with Crippen LogP contribution in [0, 0.1) is 5.16 Å². The second kappa shape index (κ2) is 3.84. The molecular weight excluding hydrogens is 159 g/mol. The molecule has 1 aromatic rings. The second-order valence-electron chi connectivity index (χ2n) is 1.92. The molecule has 0 saturated heterocycles. The lowest BCUT2D eigenvalue weighted by atomic mass is 10.2. The average Bonchev–Trinajstić information content (AvgIpc) is 2.07. The van der Waals surface area contributed by atoms with E-state index in [9.17, 15) is 4.79 Å². The summed E-state index contributed by atoms with van der Waals surface area (Å²) < 4.78 is 0. The van der Waals surface area contributed by atoms with Gasteiger partial charge < -0.3 is 0 Å². The van der Waals surface area contributed by atoms with E-state index in [4.69, 9.17) is 5.16 Å². The Bertz CT molecular complexity index is 260. The van der Waals surface area contributed by atoms with Crippen LogP contribution in [-0.4, -0.2) is 5.91 Å². The summed E-state index contributed by atoms with van der Waals surface area (Å²) in [4.78, 5) is 11.0. The number of amides is 1. The molecule has 4 heteroatoms. The van der Waals surface area contributed by atoms with Crippen molar-refractivity contribution in [2.45, 2.75) is 0 Å². The van der Waals surface area contributed by atoms with Crippen LogP contribution in [-0.2, 0) is 0 Å². The Morgan fingerprint density at radius 3 is 2.55 bits per heavy atom. The summed E-state index contributed by atoms with van der Waals surface area (Å²) in [6.07, 6.45) is 0. The van der Waals surface area contributed by atoms with Gasteiger partial charge in [0.25, 0.3) is 5.91 Å². The van der Waals surface area contributed by atoms with Gasteiger partial charge >= 0.3 is 0 Å². The van der Waals surface area contributed by atoms with E-state index in [-0.39, 0.29) is 14.4 Å². The highest BCUT2D eigenvalue weighted by Crippen LogP contribution is 1.99. The Balaban J connectivity index is 2.77. The van der Waals surface area contributed by atoms with Gasteiger partial charge in [0, 0.05) is 5.56 Å². The highest BCUT2D eigenvalue weighted by Gasteiger charge is 2.00. The van der Waals surface area contributed by atoms with Gasteiger partial charge in [0.15, 0.2) is 0 Å². The van der Waals surface area contributed by atoms with Crippen molar-refractivity contribution in [1.82, 2.24) is 5.09 Å². The van der Waals surface area contributed by atoms with Crippen LogP contribution in [0.1, 0.15) is 10.4 Å². The fraction of sp³-hybridized carbons (Fsp3) is 0. The molecule has 1 rings (SSSR count). The number of hydrogen-bond donors (Lipinski definition) is 2. The lowest BCUT2D eigenvalue weighted by Gasteiger charge is -1.95. The van der Waals surface area contributed by atoms with E-state index in [0.29, 0.717) is 5.56 Å². The normalized spacial score (nSPS) is 9.45. The van der Waals surface area contributed by atoms with Crippen molar-refractivity contribution in [3.05, 3.63) is 35.9 Å². The van der Waals surface area contributed by atoms with Gasteiger partial charge in [-0.2, -0.15) is 0 Å². The fourth-order valence-electron chi connectivity index (χ4n) is 0.705. The zero-order chi connectivity index (χ0) is 8.10. The fourth-order valence-corrected chi connectivity index (χ4v) is 0.935. The molecule has 0 spiro atoms. The van der Waals surface area contributed by atoms with Crippen LogP contribution < -0.4 is 5.09 Å². The summed E-state index contributed by atoms with van der Waals surface area (Å²) >= 11 is 0. The lowest BCUT2D eigenvalue weighted by molar-refractivity contribution is 0.0983. The Hall–Kier alpha value is -1.21. The molecule has 0 atom stereocenters. The van der Waals surface area contributed by atoms with Gasteiger partial charge in [-0.1, -0.05) is 18.2 Å². The molecule has 0 aliphatic rings. The molecule has 0 aliphatic carbocycles. The van der Waals surface area contributed by atoms with Crippen molar-refractivity contribution in [3.8, 4) is 0 Å². The van der Waals surface area contributed by atoms with Crippen molar-refractivity contribution in [2.75, 3.05) is 0 Å². The van der Waals surface area contributed by atoms with E-state index in [2.05, 4.69) is 5.09 Å². The van der Waals surface area contributed by atoms with Gasteiger partial charge in [0.1, 0.15) is 8.52 Å². The quantitative estimate of drug-likeness (QED) is 0.649. The maximum atomic E-state index is 11.0. The SMILES string of the molecule is N=PNC(=O)c1ccccc1. The van der Waals surface area contributed by atoms with Crippen LogP contribution in [0.3, 0.4) is 0 Å². The average molecular weight is 166 g/mol. The first-order chi connectivity index (χ1) is 5.34. The summed E-state index contributed by atoms with van der Waals surface area (Å²) in [5.41, 5.74) is 0.590. The molecule has 3 nitrogen and oxygen atoms in total. The summed E-state index contributed by atoms with van der Waals surface area (Å²) in [6.45, 7) is 0. The third-order valence-electron chi connectivity index (χ3n) is 1.19. The molecule has 0 aromatic heterocycles. The van der Waals surface area contributed by atoms with Crippen molar-refractivity contribution in [3.63, 3.8) is 0 Å². The van der Waals surface area contributed by atoms with Crippen molar-refractivity contribution >= 4 is 14.4 Å². The van der Waals surface area contributed by atoms with Crippen LogP contribution >= 0.6 is 8.52 Å². The standard InChI is InChI=1S/C7H7N2OP/c8-11-9-7(10)6-4-2-1-3-5-6/h1-5H,(H2,8,9,10). The first kappa shape index (κ1) is 7.89. The van der Waals surface area contributed by atoms with E-state index < -0.39 is 0 Å². The number of carbonyl (C=O) groups excluding carboxylic acids is 1. The molecule has 0 saturated carbocycles. The Morgan fingerprint density at radius 1 is 1.36 bits per heavy atom. The van der Waals surface area contributed by atoms with Gasteiger partial charge in [0.05, 0.1) is 0 Å². The number of carbonyl (C=O) groups is 1. The number of rotatable bonds is 2. The summed E-state index contributed by atoms with van der Waals surface area (Å²) in [6, 6.07) is 8.84. The molecule has 0 heterocycles. The predicted molar refractivity (Wildman–Crippen MR) is 43.5 cm³/mol. The van der Waals surface area contributed by atoms with Crippen LogP contribution in [0.4, 0.5) is 0 Å². The zero-order valence-electron chi connectivity index (χ0n) is 5.74. The van der Waals surface area contributed by atoms with E-state index in [1.807, 2.05) is 6.07 Å². The van der Waals surface area contributed by atoms with E-state index in [0.717, 1.165) is 0 Å². The molecule has 1 amide bonds. The highest BCUT2D eigenvalue weighted by molar-refractivity contribution is 7.23. The van der Waals surface area contributed by atoms with Crippen LogP contribution in [0.2, 0.25) is 0 Å². The van der Waals surface area contributed by atoms with Gasteiger partial charge in [0.2, 0.25) is 0 Å². The Morgan fingerprint density at radius 2 is 2.00 bits per heavy atom. The second-order valence-corrected chi connectivity index (χ2v) is 2.37. The molecule has 0 aliphatic heterocycles. The largest absolute Gasteiger partial charge is 0.289 e. The molecule has 0 unspecified atom stereocenters. The first-order valence-corrected chi connectivity index (χ1v) is 3.96. The summed E-state index contributed by atoms with van der Waals surface area (Å²) in [5.74, 6) is -0.206. The highest BCUT2D eigenvalue weighted by atomic mass is 31.1. The molecule has 11 heavy (non-hydrogen) atoms. The zero-order valence-corrected chi connectivity index (χ0v) is 6.64. The monoisotopic (exact) mass is 166 g/mol. The molecule has 0 radical (unpaired) electrons. The molecule has 56 valence electrons. The van der Waals surface area contributed by atoms with Gasteiger partial charge in [-0.3, -0.25) is 15.0 Å². The van der Waals surface area contributed by atoms with Crippen LogP contribution in [0.25, 0.3) is 0 Å². The van der Waals surface area contributed by atoms with Crippen LogP contribution in [0.15, 0.2) is 30.3 Å². The van der Waals surface area contributed by atoms with E-state index in [1.54, 1.807) is 24.3 Å². The molecule has 0 fully saturated rings. The van der Waals surface area contributed by atoms with Gasteiger partial charge in [-0.15, -0.1) is 0 Å². The summed E-state index contributed by atoms with van der Waals surface area (Å²) in [7, 11) is 0.135. The first-order valence-electron chi connectivity index (χ1n) is 3.06. The molecule has 1 aromatic carbocycles. The Kier molecular flexibility index (Phi) is 2.75. The van der Waals surface area contributed by atoms with Gasteiger partial charge in [-0.05, 0) is 12.1 Å². The smallest absolute Gasteiger partial charge is 0.259 e. The number of benzene rings is 1. The minimum absolute atomic E-state index is 0.135. The molecular formula is C7H7N2OP. The Labute approximate surface area is 66.2 Å².